The quantitative estimate of drug-likeness (QED) is 0.465. The average molecular weight is 423 g/mol. The first-order valence-electron chi connectivity index (χ1n) is 9.15. The van der Waals surface area contributed by atoms with E-state index in [4.69, 9.17) is 11.6 Å². The molecule has 0 radical (unpaired) electrons. The second-order valence-electron chi connectivity index (χ2n) is 6.97. The van der Waals surface area contributed by atoms with E-state index >= 15 is 0 Å². The molecule has 0 unspecified atom stereocenters. The number of nitrogens with zero attached hydrogens (tertiary/aromatic N) is 2. The highest BCUT2D eigenvalue weighted by molar-refractivity contribution is 8.19. The van der Waals surface area contributed by atoms with E-state index in [-0.39, 0.29) is 11.1 Å². The van der Waals surface area contributed by atoms with Gasteiger partial charge in [-0.05, 0) is 80.1 Å². The van der Waals surface area contributed by atoms with E-state index < -0.39 is 0 Å². The fourth-order valence-corrected chi connectivity index (χ4v) is 4.54. The summed E-state index contributed by atoms with van der Waals surface area (Å²) in [5.74, 6) is -0.301. The van der Waals surface area contributed by atoms with Crippen LogP contribution >= 0.6 is 23.4 Å². The zero-order valence-corrected chi connectivity index (χ0v) is 17.8. The largest absolute Gasteiger partial charge is 0.316 e. The highest BCUT2D eigenvalue weighted by atomic mass is 35.5. The molecule has 0 N–H and O–H groups in total. The monoisotopic (exact) mass is 422 g/mol. The lowest BCUT2D eigenvalue weighted by Gasteiger charge is -2.12. The Morgan fingerprint density at radius 2 is 1.69 bits per heavy atom. The molecular formula is C23H19ClN2O2S. The van der Waals surface area contributed by atoms with Crippen molar-refractivity contribution in [2.24, 2.45) is 0 Å². The molecule has 3 aromatic rings. The molecule has 0 bridgehead atoms. The number of rotatable bonds is 3. The van der Waals surface area contributed by atoms with Crippen molar-refractivity contribution in [1.82, 2.24) is 4.57 Å². The van der Waals surface area contributed by atoms with Crippen molar-refractivity contribution in [3.8, 4) is 5.69 Å². The first-order valence-corrected chi connectivity index (χ1v) is 10.3. The van der Waals surface area contributed by atoms with Gasteiger partial charge < -0.3 is 4.57 Å². The van der Waals surface area contributed by atoms with E-state index in [1.54, 1.807) is 18.2 Å². The van der Waals surface area contributed by atoms with Crippen molar-refractivity contribution in [3.05, 3.63) is 87.0 Å². The predicted molar refractivity (Wildman–Crippen MR) is 120 cm³/mol. The van der Waals surface area contributed by atoms with Crippen LogP contribution in [0.25, 0.3) is 11.8 Å². The molecule has 146 valence electrons. The highest BCUT2D eigenvalue weighted by Gasteiger charge is 2.36. The van der Waals surface area contributed by atoms with E-state index in [9.17, 15) is 9.59 Å². The minimum Gasteiger partial charge on any atom is -0.316 e. The molecule has 1 aliphatic heterocycles. The van der Waals surface area contributed by atoms with Gasteiger partial charge in [-0.2, -0.15) is 0 Å². The number of anilines is 1. The van der Waals surface area contributed by atoms with Crippen LogP contribution in [0, 0.1) is 20.8 Å². The molecule has 0 saturated carbocycles. The van der Waals surface area contributed by atoms with Crippen LogP contribution in [0.4, 0.5) is 10.5 Å². The number of benzene rings is 2. The molecule has 2 amide bonds. The lowest BCUT2D eigenvalue weighted by molar-refractivity contribution is -0.113. The van der Waals surface area contributed by atoms with Gasteiger partial charge in [-0.25, -0.2) is 4.90 Å². The van der Waals surface area contributed by atoms with Gasteiger partial charge in [-0.15, -0.1) is 0 Å². The molecule has 29 heavy (non-hydrogen) atoms. The topological polar surface area (TPSA) is 42.3 Å². The van der Waals surface area contributed by atoms with E-state index in [1.165, 1.54) is 4.90 Å². The molecule has 1 aliphatic rings. The molecule has 4 rings (SSSR count). The van der Waals surface area contributed by atoms with Crippen molar-refractivity contribution >= 4 is 46.3 Å². The fourth-order valence-electron chi connectivity index (χ4n) is 3.51. The number of hydrogen-bond donors (Lipinski definition) is 0. The Labute approximate surface area is 178 Å². The van der Waals surface area contributed by atoms with E-state index in [2.05, 4.69) is 4.57 Å². The maximum absolute atomic E-state index is 12.9. The summed E-state index contributed by atoms with van der Waals surface area (Å²) >= 11 is 7.40. The molecule has 1 fully saturated rings. The number of carbonyl (C=O) groups is 2. The Balaban J connectivity index is 1.74. The second-order valence-corrected chi connectivity index (χ2v) is 8.37. The van der Waals surface area contributed by atoms with Crippen LogP contribution in [0.1, 0.15) is 22.5 Å². The van der Waals surface area contributed by atoms with Crippen molar-refractivity contribution in [1.29, 1.82) is 0 Å². The number of imide groups is 1. The lowest BCUT2D eigenvalue weighted by atomic mass is 10.2. The number of carbonyl (C=O) groups excluding carboxylic acids is 2. The van der Waals surface area contributed by atoms with Crippen molar-refractivity contribution < 1.29 is 9.59 Å². The van der Waals surface area contributed by atoms with E-state index in [0.29, 0.717) is 15.6 Å². The van der Waals surface area contributed by atoms with Gasteiger partial charge in [0.1, 0.15) is 0 Å². The zero-order valence-electron chi connectivity index (χ0n) is 16.3. The highest BCUT2D eigenvalue weighted by Crippen LogP contribution is 2.37. The Kier molecular flexibility index (Phi) is 5.11. The SMILES string of the molecule is Cc1ccc(Cl)c(-n2c(C)cc(C=C3SC(=O)N(c4ccccc4)C3=O)c2C)c1. The Bertz CT molecular complexity index is 1170. The number of thioether (sulfide) groups is 1. The van der Waals surface area contributed by atoms with Gasteiger partial charge in [-0.1, -0.05) is 35.9 Å². The van der Waals surface area contributed by atoms with Crippen LogP contribution in [0.3, 0.4) is 0 Å². The van der Waals surface area contributed by atoms with Gasteiger partial charge in [0.25, 0.3) is 11.1 Å². The van der Waals surface area contributed by atoms with Crippen molar-refractivity contribution in [2.45, 2.75) is 20.8 Å². The molecule has 0 aliphatic carbocycles. The predicted octanol–water partition coefficient (Wildman–Crippen LogP) is 6.30. The molecule has 0 spiro atoms. The summed E-state index contributed by atoms with van der Waals surface area (Å²) in [5.41, 5.74) is 5.44. The van der Waals surface area contributed by atoms with Gasteiger partial charge in [0.05, 0.1) is 21.3 Å². The van der Waals surface area contributed by atoms with Crippen LogP contribution in [-0.2, 0) is 4.79 Å². The third-order valence-corrected chi connectivity index (χ3v) is 6.10. The van der Waals surface area contributed by atoms with Crippen molar-refractivity contribution in [3.63, 3.8) is 0 Å². The Morgan fingerprint density at radius 3 is 2.41 bits per heavy atom. The summed E-state index contributed by atoms with van der Waals surface area (Å²) in [5, 5.41) is 0.372. The van der Waals surface area contributed by atoms with Crippen LogP contribution in [0.5, 0.6) is 0 Å². The molecule has 4 nitrogen and oxygen atoms in total. The van der Waals surface area contributed by atoms with Crippen LogP contribution in [-0.4, -0.2) is 15.7 Å². The second kappa shape index (κ2) is 7.58. The number of halogens is 1. The van der Waals surface area contributed by atoms with E-state index in [0.717, 1.165) is 40.0 Å². The number of aryl methyl sites for hydroxylation is 2. The Morgan fingerprint density at radius 1 is 0.966 bits per heavy atom. The molecule has 1 aromatic heterocycles. The van der Waals surface area contributed by atoms with Crippen molar-refractivity contribution in [2.75, 3.05) is 4.90 Å². The summed E-state index contributed by atoms with van der Waals surface area (Å²) in [6, 6.07) is 16.9. The van der Waals surface area contributed by atoms with Gasteiger partial charge in [0.15, 0.2) is 0 Å². The molecular weight excluding hydrogens is 404 g/mol. The molecule has 0 atom stereocenters. The summed E-state index contributed by atoms with van der Waals surface area (Å²) < 4.78 is 2.07. The van der Waals surface area contributed by atoms with Crippen LogP contribution in [0.2, 0.25) is 5.02 Å². The third-order valence-electron chi connectivity index (χ3n) is 4.91. The normalized spacial score (nSPS) is 15.6. The molecule has 2 aromatic carbocycles. The maximum Gasteiger partial charge on any atom is 0.298 e. The molecule has 6 heteroatoms. The lowest BCUT2D eigenvalue weighted by Crippen LogP contribution is -2.27. The molecule has 1 saturated heterocycles. The number of para-hydroxylation sites is 1. The maximum atomic E-state index is 12.9. The number of hydrogen-bond acceptors (Lipinski definition) is 3. The summed E-state index contributed by atoms with van der Waals surface area (Å²) in [4.78, 5) is 27.0. The number of amides is 2. The summed E-state index contributed by atoms with van der Waals surface area (Å²) in [6.45, 7) is 6.01. The minimum atomic E-state index is -0.301. The summed E-state index contributed by atoms with van der Waals surface area (Å²) in [7, 11) is 0. The fraction of sp³-hybridized carbons (Fsp3) is 0.130. The third kappa shape index (κ3) is 3.52. The van der Waals surface area contributed by atoms with Crippen LogP contribution in [0.15, 0.2) is 59.5 Å². The zero-order chi connectivity index (χ0) is 20.7. The first-order chi connectivity index (χ1) is 13.9. The smallest absolute Gasteiger partial charge is 0.298 e. The van der Waals surface area contributed by atoms with Gasteiger partial charge in [0, 0.05) is 11.4 Å². The standard InChI is InChI=1S/C23H19ClN2O2S/c1-14-9-10-19(24)20(11-14)25-15(2)12-17(16(25)3)13-21-22(27)26(23(28)29-21)18-7-5-4-6-8-18/h4-13H,1-3H3. The molecule has 2 heterocycles. The van der Waals surface area contributed by atoms with Gasteiger partial charge in [0.2, 0.25) is 0 Å². The van der Waals surface area contributed by atoms with Gasteiger partial charge >= 0.3 is 0 Å². The van der Waals surface area contributed by atoms with E-state index in [1.807, 2.05) is 63.2 Å². The van der Waals surface area contributed by atoms with Crippen LogP contribution < -0.4 is 4.90 Å². The first kappa shape index (κ1) is 19.6. The average Bonchev–Trinajstić information content (AvgIpc) is 3.13. The minimum absolute atomic E-state index is 0.289. The summed E-state index contributed by atoms with van der Waals surface area (Å²) in [6.07, 6.45) is 1.79. The van der Waals surface area contributed by atoms with Gasteiger partial charge in [-0.3, -0.25) is 9.59 Å². The Hall–Kier alpha value is -2.76. The number of aromatic nitrogens is 1.